The average molecular weight is 532 g/mol. The van der Waals surface area contributed by atoms with Gasteiger partial charge in [-0.15, -0.1) is 24.0 Å². The van der Waals surface area contributed by atoms with Crippen LogP contribution < -0.4 is 10.6 Å². The molecule has 1 aromatic carbocycles. The number of hydrogen-bond donors (Lipinski definition) is 2. The number of methoxy groups -OCH3 is 1. The van der Waals surface area contributed by atoms with Crippen LogP contribution in [0, 0.1) is 5.92 Å². The van der Waals surface area contributed by atoms with Crippen molar-refractivity contribution in [2.45, 2.75) is 39.3 Å². The molecule has 0 radical (unpaired) electrons. The minimum atomic E-state index is 0. The van der Waals surface area contributed by atoms with Gasteiger partial charge in [-0.3, -0.25) is 9.89 Å². The minimum absolute atomic E-state index is 0. The van der Waals surface area contributed by atoms with Crippen molar-refractivity contribution in [1.29, 1.82) is 0 Å². The third-order valence-electron chi connectivity index (χ3n) is 5.63. The first-order valence-corrected chi connectivity index (χ1v) is 11.0. The molecule has 1 heterocycles. The van der Waals surface area contributed by atoms with Gasteiger partial charge in [-0.2, -0.15) is 0 Å². The summed E-state index contributed by atoms with van der Waals surface area (Å²) in [6.07, 6.45) is 3.71. The highest BCUT2D eigenvalue weighted by atomic mass is 127. The minimum Gasteiger partial charge on any atom is -0.385 e. The zero-order valence-electron chi connectivity index (χ0n) is 19.3. The first-order valence-electron chi connectivity index (χ1n) is 11.0. The molecule has 0 aromatic heterocycles. The number of nitrogens with zero attached hydrogens (tertiary/aromatic N) is 3. The number of likely N-dealkylation sites (N-methyl/N-ethyl adjacent to an activating group) is 1. The second kappa shape index (κ2) is 15.8. The van der Waals surface area contributed by atoms with Gasteiger partial charge in [0.25, 0.3) is 0 Å². The molecule has 0 saturated carbocycles. The summed E-state index contributed by atoms with van der Waals surface area (Å²) in [5.41, 5.74) is 2.70. The largest absolute Gasteiger partial charge is 0.385 e. The number of aliphatic imine (C=N–C) groups is 1. The second-order valence-corrected chi connectivity index (χ2v) is 8.28. The number of guanidine groups is 1. The van der Waals surface area contributed by atoms with Crippen LogP contribution in [0.2, 0.25) is 0 Å². The molecule has 0 spiro atoms. The van der Waals surface area contributed by atoms with Gasteiger partial charge in [0.1, 0.15) is 0 Å². The zero-order valence-corrected chi connectivity index (χ0v) is 21.7. The Balaban J connectivity index is 0.00000450. The van der Waals surface area contributed by atoms with Gasteiger partial charge in [-0.25, -0.2) is 0 Å². The molecule has 0 amide bonds. The van der Waals surface area contributed by atoms with Crippen molar-refractivity contribution in [3.8, 4) is 0 Å². The summed E-state index contributed by atoms with van der Waals surface area (Å²) >= 11 is 0. The van der Waals surface area contributed by atoms with Gasteiger partial charge in [0.05, 0.1) is 0 Å². The van der Waals surface area contributed by atoms with Crippen molar-refractivity contribution in [2.24, 2.45) is 10.9 Å². The fraction of sp³-hybridized carbons (Fsp3) is 0.696. The quantitative estimate of drug-likeness (QED) is 0.199. The van der Waals surface area contributed by atoms with E-state index in [-0.39, 0.29) is 24.0 Å². The van der Waals surface area contributed by atoms with E-state index >= 15 is 0 Å². The van der Waals surface area contributed by atoms with Crippen LogP contribution in [0.25, 0.3) is 0 Å². The number of nitrogens with one attached hydrogen (secondary N) is 2. The molecule has 0 atom stereocenters. The number of likely N-dealkylation sites (tertiary alicyclic amines) is 1. The highest BCUT2D eigenvalue weighted by Gasteiger charge is 2.15. The Morgan fingerprint density at radius 2 is 1.93 bits per heavy atom. The molecular weight excluding hydrogens is 489 g/mol. The summed E-state index contributed by atoms with van der Waals surface area (Å²) < 4.78 is 5.11. The third kappa shape index (κ3) is 10.9. The van der Waals surface area contributed by atoms with Gasteiger partial charge in [0.2, 0.25) is 0 Å². The molecule has 6 nitrogen and oxygen atoms in total. The van der Waals surface area contributed by atoms with E-state index < -0.39 is 0 Å². The van der Waals surface area contributed by atoms with E-state index in [0.29, 0.717) is 0 Å². The van der Waals surface area contributed by atoms with E-state index in [1.807, 2.05) is 7.05 Å². The lowest BCUT2D eigenvalue weighted by molar-refractivity contribution is 0.180. The summed E-state index contributed by atoms with van der Waals surface area (Å²) in [5.74, 6) is 1.73. The van der Waals surface area contributed by atoms with Crippen LogP contribution in [-0.4, -0.2) is 76.3 Å². The number of hydrogen-bond acceptors (Lipinski definition) is 4. The lowest BCUT2D eigenvalue weighted by atomic mass is 9.98. The lowest BCUT2D eigenvalue weighted by Crippen LogP contribution is -2.40. The maximum Gasteiger partial charge on any atom is 0.191 e. The van der Waals surface area contributed by atoms with Crippen molar-refractivity contribution >= 4 is 29.9 Å². The molecule has 30 heavy (non-hydrogen) atoms. The number of benzene rings is 1. The van der Waals surface area contributed by atoms with E-state index in [2.05, 4.69) is 63.7 Å². The summed E-state index contributed by atoms with van der Waals surface area (Å²) in [6.45, 7) is 10.4. The van der Waals surface area contributed by atoms with Crippen molar-refractivity contribution in [3.63, 3.8) is 0 Å². The molecule has 1 saturated heterocycles. The van der Waals surface area contributed by atoms with Crippen LogP contribution in [0.1, 0.15) is 37.3 Å². The molecular formula is C23H42IN5O. The fourth-order valence-electron chi connectivity index (χ4n) is 3.68. The molecule has 1 fully saturated rings. The Morgan fingerprint density at radius 3 is 2.63 bits per heavy atom. The van der Waals surface area contributed by atoms with Crippen molar-refractivity contribution in [1.82, 2.24) is 20.4 Å². The van der Waals surface area contributed by atoms with Crippen LogP contribution in [0.15, 0.2) is 29.3 Å². The van der Waals surface area contributed by atoms with E-state index in [0.717, 1.165) is 57.6 Å². The number of ether oxygens (including phenoxy) is 1. The monoisotopic (exact) mass is 531 g/mol. The topological polar surface area (TPSA) is 52.1 Å². The van der Waals surface area contributed by atoms with Crippen LogP contribution in [0.5, 0.6) is 0 Å². The molecule has 0 bridgehead atoms. The molecule has 7 heteroatoms. The Hall–Kier alpha value is -0.900. The second-order valence-electron chi connectivity index (χ2n) is 8.28. The highest BCUT2D eigenvalue weighted by Crippen LogP contribution is 2.18. The molecule has 0 unspecified atom stereocenters. The summed E-state index contributed by atoms with van der Waals surface area (Å²) in [6, 6.07) is 8.92. The van der Waals surface area contributed by atoms with Gasteiger partial charge >= 0.3 is 0 Å². The van der Waals surface area contributed by atoms with E-state index in [1.54, 1.807) is 7.11 Å². The third-order valence-corrected chi connectivity index (χ3v) is 5.63. The van der Waals surface area contributed by atoms with Gasteiger partial charge in [0, 0.05) is 53.5 Å². The van der Waals surface area contributed by atoms with Crippen molar-refractivity contribution < 1.29 is 4.74 Å². The van der Waals surface area contributed by atoms with Crippen molar-refractivity contribution in [3.05, 3.63) is 35.4 Å². The number of rotatable bonds is 11. The zero-order chi connectivity index (χ0) is 20.9. The Bertz CT molecular complexity index is 605. The Labute approximate surface area is 200 Å². The van der Waals surface area contributed by atoms with Gasteiger partial charge in [-0.05, 0) is 56.4 Å². The summed E-state index contributed by atoms with van der Waals surface area (Å²) in [7, 11) is 5.72. The predicted octanol–water partition coefficient (Wildman–Crippen LogP) is 3.17. The van der Waals surface area contributed by atoms with E-state index in [9.17, 15) is 0 Å². The van der Waals surface area contributed by atoms with Gasteiger partial charge in [0.15, 0.2) is 5.96 Å². The lowest BCUT2D eigenvalue weighted by Gasteiger charge is -2.30. The predicted molar refractivity (Wildman–Crippen MR) is 138 cm³/mol. The fourth-order valence-corrected chi connectivity index (χ4v) is 3.68. The van der Waals surface area contributed by atoms with Gasteiger partial charge < -0.3 is 20.3 Å². The summed E-state index contributed by atoms with van der Waals surface area (Å²) in [5, 5.41) is 6.84. The molecule has 1 aromatic rings. The van der Waals surface area contributed by atoms with Crippen LogP contribution in [0.3, 0.4) is 0 Å². The highest BCUT2D eigenvalue weighted by molar-refractivity contribution is 14.0. The van der Waals surface area contributed by atoms with Crippen LogP contribution in [0.4, 0.5) is 0 Å². The molecule has 2 N–H and O–H groups in total. The average Bonchev–Trinajstić information content (AvgIpc) is 2.73. The molecule has 0 aliphatic carbocycles. The summed E-state index contributed by atoms with van der Waals surface area (Å²) in [4.78, 5) is 9.24. The standard InChI is InChI=1S/C23H41N5O.HI/c1-20-9-13-28(14-10-20)19-22-8-5-7-21(17-22)18-26-23(24-2)25-11-15-27(3)12-6-16-29-4;/h5,7-8,17,20H,6,9-16,18-19H2,1-4H3,(H2,24,25,26);1H. The van der Waals surface area contributed by atoms with E-state index in [1.165, 1.54) is 37.1 Å². The molecule has 172 valence electrons. The van der Waals surface area contributed by atoms with E-state index in [4.69, 9.17) is 4.74 Å². The first kappa shape index (κ1) is 27.1. The Kier molecular flexibility index (Phi) is 14.3. The Morgan fingerprint density at radius 1 is 1.20 bits per heavy atom. The maximum absolute atomic E-state index is 5.11. The SMILES string of the molecule is CN=C(NCCN(C)CCCOC)NCc1cccc(CN2CCC(C)CC2)c1.I. The number of piperidine rings is 1. The molecule has 2 rings (SSSR count). The van der Waals surface area contributed by atoms with Crippen molar-refractivity contribution in [2.75, 3.05) is 60.5 Å². The molecule has 1 aliphatic rings. The van der Waals surface area contributed by atoms with Crippen LogP contribution in [-0.2, 0) is 17.8 Å². The maximum atomic E-state index is 5.11. The number of halogens is 1. The molecule has 1 aliphatic heterocycles. The first-order chi connectivity index (χ1) is 14.1. The normalized spacial score (nSPS) is 15.8. The van der Waals surface area contributed by atoms with Gasteiger partial charge in [-0.1, -0.05) is 31.2 Å². The van der Waals surface area contributed by atoms with Crippen LogP contribution >= 0.6 is 24.0 Å². The smallest absolute Gasteiger partial charge is 0.191 e.